The number of aryl methyl sites for hydroxylation is 2. The Morgan fingerprint density at radius 2 is 1.96 bits per heavy atom. The second-order valence-corrected chi connectivity index (χ2v) is 7.97. The zero-order valence-corrected chi connectivity index (χ0v) is 15.5. The summed E-state index contributed by atoms with van der Waals surface area (Å²) in [6.07, 6.45) is 4.70. The highest BCUT2D eigenvalue weighted by molar-refractivity contribution is 7.09. The fraction of sp³-hybridized carbons (Fsp3) is 0.450. The summed E-state index contributed by atoms with van der Waals surface area (Å²) in [6, 6.07) is 8.65. The number of H-pyrrole nitrogens is 1. The Labute approximate surface area is 147 Å². The Bertz CT molecular complexity index is 853. The first kappa shape index (κ1) is 15.9. The summed E-state index contributed by atoms with van der Waals surface area (Å²) >= 11 is 1.80. The van der Waals surface area contributed by atoms with Crippen LogP contribution in [0.4, 0.5) is 0 Å². The van der Waals surface area contributed by atoms with E-state index >= 15 is 0 Å². The van der Waals surface area contributed by atoms with Crippen LogP contribution in [0.2, 0.25) is 0 Å². The highest BCUT2D eigenvalue weighted by Gasteiger charge is 2.38. The number of nitrogens with one attached hydrogen (secondary N) is 2. The zero-order valence-electron chi connectivity index (χ0n) is 14.6. The lowest BCUT2D eigenvalue weighted by Crippen LogP contribution is -2.43. The molecule has 0 spiro atoms. The molecular formula is C20H25N3S. The van der Waals surface area contributed by atoms with Crippen LogP contribution in [-0.4, -0.2) is 17.0 Å². The van der Waals surface area contributed by atoms with Crippen LogP contribution in [0.1, 0.15) is 53.6 Å². The lowest BCUT2D eigenvalue weighted by Gasteiger charge is -2.38. The molecule has 126 valence electrons. The van der Waals surface area contributed by atoms with Crippen LogP contribution in [-0.2, 0) is 5.54 Å². The van der Waals surface area contributed by atoms with Crippen molar-refractivity contribution in [1.29, 1.82) is 0 Å². The molecule has 2 aromatic heterocycles. The minimum absolute atomic E-state index is 0.0648. The average molecular weight is 340 g/mol. The van der Waals surface area contributed by atoms with Gasteiger partial charge in [-0.2, -0.15) is 0 Å². The second-order valence-electron chi connectivity index (χ2n) is 7.11. The lowest BCUT2D eigenvalue weighted by molar-refractivity contribution is 0.228. The summed E-state index contributed by atoms with van der Waals surface area (Å²) in [5.74, 6) is 0.625. The Kier molecular flexibility index (Phi) is 3.97. The number of hydrogen-bond acceptors (Lipinski definition) is 3. The van der Waals surface area contributed by atoms with Crippen molar-refractivity contribution < 1.29 is 0 Å². The monoisotopic (exact) mass is 339 g/mol. The zero-order chi connectivity index (χ0) is 16.7. The Balaban J connectivity index is 1.60. The summed E-state index contributed by atoms with van der Waals surface area (Å²) in [7, 11) is 2.09. The van der Waals surface area contributed by atoms with Crippen LogP contribution in [0.15, 0.2) is 29.6 Å². The molecule has 0 aliphatic heterocycles. The van der Waals surface area contributed by atoms with Crippen LogP contribution in [0, 0.1) is 13.8 Å². The van der Waals surface area contributed by atoms with E-state index in [4.69, 9.17) is 4.98 Å². The van der Waals surface area contributed by atoms with Crippen molar-refractivity contribution >= 4 is 22.2 Å². The Morgan fingerprint density at radius 3 is 2.58 bits per heavy atom. The molecule has 0 amide bonds. The van der Waals surface area contributed by atoms with Gasteiger partial charge in [-0.25, -0.2) is 4.98 Å². The van der Waals surface area contributed by atoms with Crippen LogP contribution >= 0.6 is 11.3 Å². The van der Waals surface area contributed by atoms with Crippen LogP contribution in [0.3, 0.4) is 0 Å². The highest BCUT2D eigenvalue weighted by Crippen LogP contribution is 2.45. The predicted octanol–water partition coefficient (Wildman–Crippen LogP) is 5.01. The van der Waals surface area contributed by atoms with Crippen molar-refractivity contribution in [3.63, 3.8) is 0 Å². The number of fused-ring (bicyclic) bond motifs is 1. The fourth-order valence-corrected chi connectivity index (χ4v) is 5.32. The molecule has 4 rings (SSSR count). The Hall–Kier alpha value is -1.65. The normalized spacial score (nSPS) is 24.5. The molecule has 1 aliphatic carbocycles. The minimum Gasteiger partial charge on any atom is -0.358 e. The first-order valence-corrected chi connectivity index (χ1v) is 9.69. The van der Waals surface area contributed by atoms with Crippen molar-refractivity contribution in [2.45, 2.75) is 51.0 Å². The fourth-order valence-electron chi connectivity index (χ4n) is 4.26. The SMILES string of the molecule is CNC1(c2nc(C)cs2)CCC(c2[nH]c3ccccc3c2C)CC1. The van der Waals surface area contributed by atoms with Gasteiger partial charge < -0.3 is 10.3 Å². The third-order valence-corrected chi connectivity index (χ3v) is 6.92. The summed E-state index contributed by atoms with van der Waals surface area (Å²) < 4.78 is 0. The van der Waals surface area contributed by atoms with Gasteiger partial charge in [-0.05, 0) is 64.1 Å². The van der Waals surface area contributed by atoms with Crippen molar-refractivity contribution in [2.24, 2.45) is 0 Å². The molecule has 2 N–H and O–H groups in total. The smallest absolute Gasteiger partial charge is 0.113 e. The van der Waals surface area contributed by atoms with Gasteiger partial charge in [0.05, 0.1) is 5.54 Å². The number of aromatic nitrogens is 2. The van der Waals surface area contributed by atoms with Gasteiger partial charge in [-0.1, -0.05) is 18.2 Å². The first-order valence-electron chi connectivity index (χ1n) is 8.82. The number of hydrogen-bond donors (Lipinski definition) is 2. The first-order chi connectivity index (χ1) is 11.6. The molecule has 3 nitrogen and oxygen atoms in total. The largest absolute Gasteiger partial charge is 0.358 e. The van der Waals surface area contributed by atoms with Crippen LogP contribution in [0.5, 0.6) is 0 Å². The molecule has 2 heterocycles. The van der Waals surface area contributed by atoms with E-state index in [1.807, 2.05) is 0 Å². The number of nitrogens with zero attached hydrogens (tertiary/aromatic N) is 1. The number of aromatic amines is 1. The van der Waals surface area contributed by atoms with Crippen molar-refractivity contribution in [3.8, 4) is 0 Å². The maximum Gasteiger partial charge on any atom is 0.113 e. The van der Waals surface area contributed by atoms with Crippen LogP contribution < -0.4 is 5.32 Å². The second kappa shape index (κ2) is 6.01. The van der Waals surface area contributed by atoms with E-state index in [2.05, 4.69) is 60.8 Å². The van der Waals surface area contributed by atoms with Gasteiger partial charge in [-0.15, -0.1) is 11.3 Å². The van der Waals surface area contributed by atoms with E-state index in [-0.39, 0.29) is 5.54 Å². The van der Waals surface area contributed by atoms with Crippen molar-refractivity contribution in [1.82, 2.24) is 15.3 Å². The molecule has 0 bridgehead atoms. The van der Waals surface area contributed by atoms with Gasteiger partial charge in [-0.3, -0.25) is 0 Å². The number of rotatable bonds is 3. The summed E-state index contributed by atoms with van der Waals surface area (Å²) in [5, 5.41) is 8.39. The molecule has 1 saturated carbocycles. The Morgan fingerprint density at radius 1 is 1.21 bits per heavy atom. The quantitative estimate of drug-likeness (QED) is 0.704. The van der Waals surface area contributed by atoms with Gasteiger partial charge in [0.15, 0.2) is 0 Å². The molecule has 0 saturated heterocycles. The van der Waals surface area contributed by atoms with Gasteiger partial charge in [0.1, 0.15) is 5.01 Å². The predicted molar refractivity (Wildman–Crippen MR) is 102 cm³/mol. The molecule has 0 unspecified atom stereocenters. The molecule has 0 atom stereocenters. The molecule has 1 fully saturated rings. The molecule has 4 heteroatoms. The topological polar surface area (TPSA) is 40.7 Å². The standard InChI is InChI=1S/C20H25N3S/c1-13-12-24-19(22-13)20(21-3)10-8-15(9-11-20)18-14(2)16-6-4-5-7-17(16)23-18/h4-7,12,15,21,23H,8-11H2,1-3H3. The maximum absolute atomic E-state index is 4.78. The number of benzene rings is 1. The van der Waals surface area contributed by atoms with Gasteiger partial charge in [0, 0.05) is 27.7 Å². The van der Waals surface area contributed by atoms with Gasteiger partial charge >= 0.3 is 0 Å². The molecule has 1 aliphatic rings. The van der Waals surface area contributed by atoms with E-state index in [9.17, 15) is 0 Å². The number of para-hydroxylation sites is 1. The molecule has 24 heavy (non-hydrogen) atoms. The third-order valence-electron chi connectivity index (χ3n) is 5.76. The highest BCUT2D eigenvalue weighted by atomic mass is 32.1. The number of thiazole rings is 1. The molecule has 1 aromatic carbocycles. The summed E-state index contributed by atoms with van der Waals surface area (Å²) in [6.45, 7) is 4.35. The summed E-state index contributed by atoms with van der Waals surface area (Å²) in [4.78, 5) is 8.47. The van der Waals surface area contributed by atoms with E-state index in [0.717, 1.165) is 18.5 Å². The minimum atomic E-state index is 0.0648. The summed E-state index contributed by atoms with van der Waals surface area (Å²) in [5.41, 5.74) is 5.34. The van der Waals surface area contributed by atoms with Gasteiger partial charge in [0.2, 0.25) is 0 Å². The molecule has 0 radical (unpaired) electrons. The van der Waals surface area contributed by atoms with E-state index in [0.29, 0.717) is 5.92 Å². The third kappa shape index (κ3) is 2.49. The van der Waals surface area contributed by atoms with E-state index < -0.39 is 0 Å². The maximum atomic E-state index is 4.78. The van der Waals surface area contributed by atoms with Gasteiger partial charge in [0.25, 0.3) is 0 Å². The lowest BCUT2D eigenvalue weighted by atomic mass is 9.75. The molecular weight excluding hydrogens is 314 g/mol. The average Bonchev–Trinajstić information content (AvgIpc) is 3.20. The van der Waals surface area contributed by atoms with E-state index in [1.165, 1.54) is 40.0 Å². The van der Waals surface area contributed by atoms with Crippen LogP contribution in [0.25, 0.3) is 10.9 Å². The van der Waals surface area contributed by atoms with E-state index in [1.54, 1.807) is 11.3 Å². The van der Waals surface area contributed by atoms with Crippen molar-refractivity contribution in [3.05, 3.63) is 51.6 Å². The van der Waals surface area contributed by atoms with Crippen molar-refractivity contribution in [2.75, 3.05) is 7.05 Å². The molecule has 3 aromatic rings.